The summed E-state index contributed by atoms with van der Waals surface area (Å²) in [5.74, 6) is -0.728. The molecule has 5 rings (SSSR count). The van der Waals surface area contributed by atoms with Crippen molar-refractivity contribution >= 4 is 29.1 Å². The van der Waals surface area contributed by atoms with Crippen molar-refractivity contribution < 1.29 is 18.7 Å². The average molecular weight is 432 g/mol. The Morgan fingerprint density at radius 3 is 2.30 bits per heavy atom. The van der Waals surface area contributed by atoms with E-state index in [-0.39, 0.29) is 40.3 Å². The number of carbonyl (C=O) groups excluding carboxylic acids is 2. The monoisotopic (exact) mass is 431 g/mol. The number of rotatable bonds is 7. The van der Waals surface area contributed by atoms with E-state index in [0.29, 0.717) is 24.8 Å². The molecule has 0 unspecified atom stereocenters. The smallest absolute Gasteiger partial charge is 0.258 e. The molecule has 6 nitrogen and oxygen atoms in total. The van der Waals surface area contributed by atoms with Gasteiger partial charge in [0.1, 0.15) is 11.6 Å². The zero-order chi connectivity index (χ0) is 21.5. The maximum absolute atomic E-state index is 13.4. The molecule has 2 aromatic carbocycles. The molecular formula is C22H23ClFN3O3. The zero-order valence-corrected chi connectivity index (χ0v) is 17.6. The van der Waals surface area contributed by atoms with Crippen LogP contribution in [0.1, 0.15) is 29.6 Å². The van der Waals surface area contributed by atoms with Gasteiger partial charge in [-0.1, -0.05) is 11.6 Å². The number of nitrogens with zero attached hydrogens (tertiary/aromatic N) is 1. The fourth-order valence-electron chi connectivity index (χ4n) is 4.32. The quantitative estimate of drug-likeness (QED) is 0.706. The lowest BCUT2D eigenvalue weighted by atomic mass is 9.44. The molecule has 3 aliphatic carbocycles. The Hall–Kier alpha value is -2.80. The van der Waals surface area contributed by atoms with E-state index in [4.69, 9.17) is 16.3 Å². The van der Waals surface area contributed by atoms with Gasteiger partial charge in [0.25, 0.3) is 11.8 Å². The molecule has 0 atom stereocenters. The molecule has 2 bridgehead atoms. The molecule has 0 heterocycles. The van der Waals surface area contributed by atoms with Crippen LogP contribution in [0.3, 0.4) is 0 Å². The highest BCUT2D eigenvalue weighted by Gasteiger charge is 2.69. The number of carbonyl (C=O) groups is 2. The van der Waals surface area contributed by atoms with Gasteiger partial charge in [0, 0.05) is 42.5 Å². The van der Waals surface area contributed by atoms with E-state index in [1.807, 2.05) is 43.3 Å². The van der Waals surface area contributed by atoms with Crippen LogP contribution in [0.15, 0.2) is 42.5 Å². The highest BCUT2D eigenvalue weighted by Crippen LogP contribution is 2.60. The predicted molar refractivity (Wildman–Crippen MR) is 113 cm³/mol. The summed E-state index contributed by atoms with van der Waals surface area (Å²) in [6, 6.07) is 11.5. The van der Waals surface area contributed by atoms with Crippen LogP contribution < -0.4 is 20.3 Å². The lowest BCUT2D eigenvalue weighted by Crippen LogP contribution is -2.84. The minimum absolute atomic E-state index is 0.00153. The summed E-state index contributed by atoms with van der Waals surface area (Å²) >= 11 is 5.63. The van der Waals surface area contributed by atoms with Crippen molar-refractivity contribution in [2.45, 2.75) is 30.3 Å². The Bertz CT molecular complexity index is 974. The number of amides is 2. The van der Waals surface area contributed by atoms with Gasteiger partial charge in [-0.3, -0.25) is 9.59 Å². The first kappa shape index (κ1) is 20.5. The van der Waals surface area contributed by atoms with Crippen molar-refractivity contribution in [3.05, 3.63) is 58.9 Å². The van der Waals surface area contributed by atoms with E-state index in [1.165, 1.54) is 12.1 Å². The number of benzene rings is 2. The molecule has 0 aliphatic heterocycles. The van der Waals surface area contributed by atoms with Gasteiger partial charge in [-0.2, -0.15) is 0 Å². The molecule has 2 N–H and O–H groups in total. The Balaban J connectivity index is 1.23. The highest BCUT2D eigenvalue weighted by atomic mass is 35.5. The molecule has 0 aromatic heterocycles. The Morgan fingerprint density at radius 2 is 1.70 bits per heavy atom. The van der Waals surface area contributed by atoms with E-state index in [2.05, 4.69) is 10.6 Å². The molecule has 2 amide bonds. The maximum Gasteiger partial charge on any atom is 0.258 e. The van der Waals surface area contributed by atoms with Crippen LogP contribution in [-0.2, 0) is 4.79 Å². The number of halogens is 2. The minimum atomic E-state index is -0.594. The SMILES string of the molecule is CN(C)c1ccc(C(=O)NC23CC(NC(=O)COc4ccc(Cl)c(F)c4)(C2)C3)cc1. The fraction of sp³-hybridized carbons (Fsp3) is 0.364. The first-order valence-electron chi connectivity index (χ1n) is 9.68. The molecule has 2 aromatic rings. The van der Waals surface area contributed by atoms with Crippen molar-refractivity contribution in [1.29, 1.82) is 0 Å². The molecule has 158 valence electrons. The van der Waals surface area contributed by atoms with Crippen molar-refractivity contribution in [3.63, 3.8) is 0 Å². The van der Waals surface area contributed by atoms with Gasteiger partial charge in [0.15, 0.2) is 6.61 Å². The summed E-state index contributed by atoms with van der Waals surface area (Å²) in [6.07, 6.45) is 2.09. The summed E-state index contributed by atoms with van der Waals surface area (Å²) in [5, 5.41) is 6.08. The first-order valence-corrected chi connectivity index (χ1v) is 10.1. The summed E-state index contributed by atoms with van der Waals surface area (Å²) in [4.78, 5) is 26.7. The standard InChI is InChI=1S/C22H23ClFN3O3/c1-27(2)15-5-3-14(4-6-15)20(29)26-22-11-21(12-22,13-22)25-19(28)10-30-16-7-8-17(23)18(24)9-16/h3-9H,10-13H2,1-2H3,(H,25,28)(H,26,29). The normalized spacial score (nSPS) is 23.6. The van der Waals surface area contributed by atoms with Crippen LogP contribution in [0, 0.1) is 5.82 Å². The lowest BCUT2D eigenvalue weighted by Gasteiger charge is -2.70. The van der Waals surface area contributed by atoms with Gasteiger partial charge in [0.05, 0.1) is 5.02 Å². The van der Waals surface area contributed by atoms with Crippen LogP contribution in [0.4, 0.5) is 10.1 Å². The van der Waals surface area contributed by atoms with E-state index >= 15 is 0 Å². The largest absolute Gasteiger partial charge is 0.484 e. The lowest BCUT2D eigenvalue weighted by molar-refractivity contribution is -0.141. The second kappa shape index (κ2) is 7.47. The van der Waals surface area contributed by atoms with Gasteiger partial charge >= 0.3 is 0 Å². The second-order valence-electron chi connectivity index (χ2n) is 8.40. The summed E-state index contributed by atoms with van der Waals surface area (Å²) in [7, 11) is 3.90. The summed E-state index contributed by atoms with van der Waals surface area (Å²) in [6.45, 7) is -0.208. The van der Waals surface area contributed by atoms with Crippen LogP contribution in [0.5, 0.6) is 5.75 Å². The number of hydrogen-bond donors (Lipinski definition) is 2. The van der Waals surface area contributed by atoms with Crippen LogP contribution >= 0.6 is 11.6 Å². The number of ether oxygens (including phenoxy) is 1. The summed E-state index contributed by atoms with van der Waals surface area (Å²) in [5.41, 5.74) is 1.12. The maximum atomic E-state index is 13.4. The molecular weight excluding hydrogens is 409 g/mol. The van der Waals surface area contributed by atoms with E-state index in [9.17, 15) is 14.0 Å². The third-order valence-corrected chi connectivity index (χ3v) is 6.03. The molecule has 8 heteroatoms. The van der Waals surface area contributed by atoms with Gasteiger partial charge < -0.3 is 20.3 Å². The Kier molecular flexibility index (Phi) is 5.10. The van der Waals surface area contributed by atoms with Crippen LogP contribution in [0.25, 0.3) is 0 Å². The van der Waals surface area contributed by atoms with Crippen LogP contribution in [-0.4, -0.2) is 43.6 Å². The Labute approximate surface area is 179 Å². The van der Waals surface area contributed by atoms with E-state index < -0.39 is 5.82 Å². The fourth-order valence-corrected chi connectivity index (χ4v) is 4.44. The molecule has 3 saturated carbocycles. The van der Waals surface area contributed by atoms with Gasteiger partial charge in [0.2, 0.25) is 0 Å². The van der Waals surface area contributed by atoms with E-state index in [0.717, 1.165) is 11.8 Å². The number of anilines is 1. The third kappa shape index (κ3) is 3.94. The van der Waals surface area contributed by atoms with Gasteiger partial charge in [-0.15, -0.1) is 0 Å². The van der Waals surface area contributed by atoms with Crippen molar-refractivity contribution in [3.8, 4) is 5.75 Å². The third-order valence-electron chi connectivity index (χ3n) is 5.72. The topological polar surface area (TPSA) is 70.7 Å². The van der Waals surface area contributed by atoms with Crippen molar-refractivity contribution in [1.82, 2.24) is 10.6 Å². The molecule has 0 radical (unpaired) electrons. The molecule has 3 fully saturated rings. The van der Waals surface area contributed by atoms with Gasteiger partial charge in [-0.25, -0.2) is 4.39 Å². The molecule has 3 aliphatic rings. The summed E-state index contributed by atoms with van der Waals surface area (Å²) < 4.78 is 18.7. The Morgan fingerprint density at radius 1 is 1.07 bits per heavy atom. The van der Waals surface area contributed by atoms with E-state index in [1.54, 1.807) is 0 Å². The predicted octanol–water partition coefficient (Wildman–Crippen LogP) is 3.15. The van der Waals surface area contributed by atoms with Crippen molar-refractivity contribution in [2.24, 2.45) is 0 Å². The molecule has 30 heavy (non-hydrogen) atoms. The van der Waals surface area contributed by atoms with Gasteiger partial charge in [-0.05, 0) is 55.7 Å². The minimum Gasteiger partial charge on any atom is -0.484 e. The number of hydrogen-bond acceptors (Lipinski definition) is 4. The molecule has 0 saturated heterocycles. The van der Waals surface area contributed by atoms with Crippen molar-refractivity contribution in [2.75, 3.05) is 25.6 Å². The second-order valence-corrected chi connectivity index (χ2v) is 8.81. The molecule has 0 spiro atoms. The average Bonchev–Trinajstić information content (AvgIpc) is 2.66. The zero-order valence-electron chi connectivity index (χ0n) is 16.8. The highest BCUT2D eigenvalue weighted by molar-refractivity contribution is 6.30. The number of nitrogens with one attached hydrogen (secondary N) is 2. The first-order chi connectivity index (χ1) is 14.2. The van der Waals surface area contributed by atoms with Crippen LogP contribution in [0.2, 0.25) is 5.02 Å².